The summed E-state index contributed by atoms with van der Waals surface area (Å²) in [5.41, 5.74) is -0.999. The average Bonchev–Trinajstić information content (AvgIpc) is 3.01. The number of aromatic nitrogens is 2. The Balaban J connectivity index is 1.92. The summed E-state index contributed by atoms with van der Waals surface area (Å²) < 4.78 is 28.3. The quantitative estimate of drug-likeness (QED) is 0.867. The van der Waals surface area contributed by atoms with Crippen molar-refractivity contribution in [3.8, 4) is 0 Å². The van der Waals surface area contributed by atoms with Crippen molar-refractivity contribution in [1.82, 2.24) is 13.9 Å². The number of fused-ring (bicyclic) bond motifs is 1. The summed E-state index contributed by atoms with van der Waals surface area (Å²) in [6.07, 6.45) is 3.42. The molecule has 0 aromatic carbocycles. The van der Waals surface area contributed by atoms with Crippen LogP contribution >= 0.6 is 0 Å². The second kappa shape index (κ2) is 4.29. The highest BCUT2D eigenvalue weighted by molar-refractivity contribution is 7.89. The highest BCUT2D eigenvalue weighted by atomic mass is 32.2. The average molecular weight is 299 g/mol. The Morgan fingerprint density at radius 3 is 2.85 bits per heavy atom. The lowest BCUT2D eigenvalue weighted by Crippen LogP contribution is -2.35. The van der Waals surface area contributed by atoms with Crippen molar-refractivity contribution >= 4 is 16.0 Å². The number of carbonyl (C=O) groups is 1. The lowest BCUT2D eigenvalue weighted by molar-refractivity contribution is -0.146. The number of hydrogen-bond donors (Lipinski definition) is 1. The van der Waals surface area contributed by atoms with E-state index in [4.69, 9.17) is 0 Å². The Labute approximate surface area is 117 Å². The summed E-state index contributed by atoms with van der Waals surface area (Å²) in [7, 11) is -3.65. The minimum Gasteiger partial charge on any atom is -0.481 e. The normalized spacial score (nSPS) is 26.9. The van der Waals surface area contributed by atoms with Crippen molar-refractivity contribution in [2.24, 2.45) is 5.41 Å². The number of nitrogens with zero attached hydrogens (tertiary/aromatic N) is 3. The summed E-state index contributed by atoms with van der Waals surface area (Å²) in [6, 6.07) is 0. The molecule has 2 aliphatic heterocycles. The molecule has 1 unspecified atom stereocenters. The predicted octanol–water partition coefficient (Wildman–Crippen LogP) is 0.315. The molecule has 2 aliphatic rings. The molecule has 0 amide bonds. The van der Waals surface area contributed by atoms with Crippen LogP contribution in [0.2, 0.25) is 0 Å². The van der Waals surface area contributed by atoms with Crippen molar-refractivity contribution in [2.75, 3.05) is 13.1 Å². The van der Waals surface area contributed by atoms with Crippen LogP contribution in [0.1, 0.15) is 25.6 Å². The molecule has 1 N–H and O–H groups in total. The monoisotopic (exact) mass is 299 g/mol. The van der Waals surface area contributed by atoms with Gasteiger partial charge in [-0.05, 0) is 19.8 Å². The van der Waals surface area contributed by atoms with Gasteiger partial charge in [0.05, 0.1) is 11.6 Å². The van der Waals surface area contributed by atoms with Crippen molar-refractivity contribution < 1.29 is 18.3 Å². The zero-order valence-electron chi connectivity index (χ0n) is 11.2. The minimum atomic E-state index is -3.65. The highest BCUT2D eigenvalue weighted by Gasteiger charge is 2.45. The number of sulfonamides is 1. The van der Waals surface area contributed by atoms with Crippen LogP contribution in [-0.4, -0.2) is 46.4 Å². The Hall–Kier alpha value is -1.41. The van der Waals surface area contributed by atoms with E-state index in [1.54, 1.807) is 11.5 Å². The molecule has 8 heteroatoms. The van der Waals surface area contributed by atoms with Gasteiger partial charge in [0.15, 0.2) is 5.03 Å². The van der Waals surface area contributed by atoms with Crippen LogP contribution < -0.4 is 0 Å². The van der Waals surface area contributed by atoms with Crippen LogP contribution in [0.4, 0.5) is 0 Å². The van der Waals surface area contributed by atoms with Crippen molar-refractivity contribution in [1.29, 1.82) is 0 Å². The molecule has 0 aliphatic carbocycles. The molecule has 7 nitrogen and oxygen atoms in total. The van der Waals surface area contributed by atoms with Crippen LogP contribution in [-0.2, 0) is 27.8 Å². The van der Waals surface area contributed by atoms with Gasteiger partial charge in [-0.25, -0.2) is 13.4 Å². The third-order valence-corrected chi connectivity index (χ3v) is 6.09. The minimum absolute atomic E-state index is 0.0190. The fraction of sp³-hybridized carbons (Fsp3) is 0.667. The molecule has 1 saturated heterocycles. The summed E-state index contributed by atoms with van der Waals surface area (Å²) in [4.78, 5) is 15.4. The fourth-order valence-corrected chi connectivity index (χ4v) is 4.58. The standard InChI is InChI=1S/C12H17N3O4S/c1-12(11(16)17)4-6-14(8-12)20(18,19)10-7-13-9-3-2-5-15(9)10/h7H,2-6,8H2,1H3,(H,16,17). The van der Waals surface area contributed by atoms with E-state index in [1.807, 2.05) is 0 Å². The first-order valence-electron chi connectivity index (χ1n) is 6.62. The summed E-state index contributed by atoms with van der Waals surface area (Å²) in [5.74, 6) is -0.155. The summed E-state index contributed by atoms with van der Waals surface area (Å²) >= 11 is 0. The Morgan fingerprint density at radius 1 is 1.45 bits per heavy atom. The van der Waals surface area contributed by atoms with Gasteiger partial charge in [-0.2, -0.15) is 4.31 Å². The number of carboxylic acid groups (broad SMARTS) is 1. The molecule has 0 bridgehead atoms. The number of aliphatic carboxylic acids is 1. The molecule has 0 radical (unpaired) electrons. The van der Waals surface area contributed by atoms with Crippen LogP contribution in [0.5, 0.6) is 0 Å². The molecule has 1 fully saturated rings. The second-order valence-corrected chi connectivity index (χ2v) is 7.61. The van der Waals surface area contributed by atoms with Gasteiger partial charge in [0.2, 0.25) is 0 Å². The third kappa shape index (κ3) is 1.86. The van der Waals surface area contributed by atoms with Crippen molar-refractivity contribution in [3.05, 3.63) is 12.0 Å². The van der Waals surface area contributed by atoms with Gasteiger partial charge >= 0.3 is 5.97 Å². The maximum Gasteiger partial charge on any atom is 0.310 e. The van der Waals surface area contributed by atoms with Crippen LogP contribution in [0, 0.1) is 5.41 Å². The SMILES string of the molecule is CC1(C(=O)O)CCN(S(=O)(=O)c2cnc3n2CCC3)C1. The van der Waals surface area contributed by atoms with E-state index in [-0.39, 0.29) is 18.1 Å². The van der Waals surface area contributed by atoms with E-state index in [0.717, 1.165) is 18.7 Å². The largest absolute Gasteiger partial charge is 0.481 e. The maximum atomic E-state index is 12.6. The van der Waals surface area contributed by atoms with Gasteiger partial charge in [-0.15, -0.1) is 0 Å². The molecule has 1 aromatic heterocycles. The molecule has 110 valence electrons. The number of rotatable bonds is 3. The first kappa shape index (κ1) is 13.6. The van der Waals surface area contributed by atoms with Crippen LogP contribution in [0.25, 0.3) is 0 Å². The van der Waals surface area contributed by atoms with E-state index in [1.165, 1.54) is 10.5 Å². The Kier molecular flexibility index (Phi) is 2.91. The van der Waals surface area contributed by atoms with Crippen molar-refractivity contribution in [2.45, 2.75) is 37.8 Å². The topological polar surface area (TPSA) is 92.5 Å². The van der Waals surface area contributed by atoms with Crippen LogP contribution in [0.3, 0.4) is 0 Å². The molecular weight excluding hydrogens is 282 g/mol. The summed E-state index contributed by atoms with van der Waals surface area (Å²) in [6.45, 7) is 2.51. The fourth-order valence-electron chi connectivity index (χ4n) is 2.87. The molecule has 20 heavy (non-hydrogen) atoms. The molecule has 3 heterocycles. The number of carboxylic acids is 1. The van der Waals surface area contributed by atoms with Gasteiger partial charge in [-0.3, -0.25) is 4.79 Å². The molecular formula is C12H17N3O4S. The number of hydrogen-bond acceptors (Lipinski definition) is 4. The van der Waals surface area contributed by atoms with Gasteiger partial charge in [0.1, 0.15) is 5.82 Å². The van der Waals surface area contributed by atoms with Gasteiger partial charge in [0.25, 0.3) is 10.0 Å². The van der Waals surface area contributed by atoms with Crippen LogP contribution in [0.15, 0.2) is 11.2 Å². The second-order valence-electron chi connectivity index (χ2n) is 5.72. The van der Waals surface area contributed by atoms with Gasteiger partial charge in [-0.1, -0.05) is 0 Å². The first-order valence-corrected chi connectivity index (χ1v) is 8.06. The molecule has 1 aromatic rings. The Morgan fingerprint density at radius 2 is 2.20 bits per heavy atom. The van der Waals surface area contributed by atoms with Crippen molar-refractivity contribution in [3.63, 3.8) is 0 Å². The van der Waals surface area contributed by atoms with E-state index in [0.29, 0.717) is 13.0 Å². The van der Waals surface area contributed by atoms with E-state index in [2.05, 4.69) is 4.98 Å². The van der Waals surface area contributed by atoms with E-state index < -0.39 is 21.4 Å². The molecule has 3 rings (SSSR count). The molecule has 0 saturated carbocycles. The third-order valence-electron chi connectivity index (χ3n) is 4.24. The highest BCUT2D eigenvalue weighted by Crippen LogP contribution is 2.34. The number of aryl methyl sites for hydroxylation is 1. The van der Waals surface area contributed by atoms with E-state index in [9.17, 15) is 18.3 Å². The number of imidazole rings is 1. The molecule has 1 atom stereocenters. The zero-order chi connectivity index (χ0) is 14.5. The lowest BCUT2D eigenvalue weighted by Gasteiger charge is -2.20. The summed E-state index contributed by atoms with van der Waals surface area (Å²) in [5, 5.41) is 9.40. The first-order chi connectivity index (χ1) is 9.34. The zero-order valence-corrected chi connectivity index (χ0v) is 12.1. The molecule has 0 spiro atoms. The maximum absolute atomic E-state index is 12.6. The Bertz CT molecular complexity index is 666. The van der Waals surface area contributed by atoms with Gasteiger partial charge in [0, 0.05) is 26.1 Å². The smallest absolute Gasteiger partial charge is 0.310 e. The van der Waals surface area contributed by atoms with E-state index >= 15 is 0 Å². The lowest BCUT2D eigenvalue weighted by atomic mass is 9.90. The van der Waals surface area contributed by atoms with Gasteiger partial charge < -0.3 is 9.67 Å². The predicted molar refractivity (Wildman–Crippen MR) is 69.7 cm³/mol.